The van der Waals surface area contributed by atoms with Gasteiger partial charge in [-0.2, -0.15) is 0 Å². The third-order valence-corrected chi connectivity index (χ3v) is 12.5. The van der Waals surface area contributed by atoms with Gasteiger partial charge in [-0.15, -0.1) is 0 Å². The molecule has 0 aromatic carbocycles. The molecule has 0 rings (SSSR count). The van der Waals surface area contributed by atoms with E-state index < -0.39 is 6.10 Å². The maximum atomic E-state index is 12.9. The van der Waals surface area contributed by atoms with Gasteiger partial charge in [0.2, 0.25) is 0 Å². The van der Waals surface area contributed by atoms with Crippen LogP contribution in [-0.2, 0) is 28.6 Å². The van der Waals surface area contributed by atoms with E-state index in [1.807, 2.05) is 12.2 Å². The summed E-state index contributed by atoms with van der Waals surface area (Å²) in [7, 11) is 0. The standard InChI is InChI=1S/C71H112O6/c1-4-7-10-13-16-19-22-25-27-29-31-33-34-35-36-38-39-41-43-46-49-52-55-58-61-64-70(73)76-67-68(66-75-69(72)63-60-57-54-51-48-45-24-21-18-15-12-9-6-3)77-71(74)65-62-59-56-53-50-47-44-42-40-37-32-30-28-26-23-20-17-14-11-8-5-2/h7-12,16-21,25-28,31-33,37,42,44-45,48,54,57,68H,4-6,13-15,22-24,29-30,34-36,38-41,43,46-47,49-53,55-56,58-67H2,1-3H3/b10-7-,11-8-,12-9-,19-16-,20-17-,21-18-,27-25-,28-26-,33-31-,37-32-,44-42-,48-45-,57-54-. The lowest BCUT2D eigenvalue weighted by Gasteiger charge is -2.18. The minimum Gasteiger partial charge on any atom is -0.462 e. The summed E-state index contributed by atoms with van der Waals surface area (Å²) >= 11 is 0. The number of hydrogen-bond donors (Lipinski definition) is 0. The second-order valence-electron chi connectivity index (χ2n) is 19.8. The van der Waals surface area contributed by atoms with Gasteiger partial charge in [-0.3, -0.25) is 14.4 Å². The Morgan fingerprint density at radius 3 is 0.805 bits per heavy atom. The molecule has 432 valence electrons. The highest BCUT2D eigenvalue weighted by molar-refractivity contribution is 5.71. The average molecular weight is 1060 g/mol. The zero-order chi connectivity index (χ0) is 55.7. The third kappa shape index (κ3) is 61.8. The summed E-state index contributed by atoms with van der Waals surface area (Å²) in [5.41, 5.74) is 0. The Bertz CT molecular complexity index is 1740. The van der Waals surface area contributed by atoms with Crippen LogP contribution in [0.25, 0.3) is 0 Å². The molecule has 0 aromatic rings. The molecule has 0 saturated carbocycles. The van der Waals surface area contributed by atoms with Crippen molar-refractivity contribution in [2.75, 3.05) is 13.2 Å². The summed E-state index contributed by atoms with van der Waals surface area (Å²) in [4.78, 5) is 38.2. The fourth-order valence-corrected chi connectivity index (χ4v) is 8.00. The zero-order valence-corrected chi connectivity index (χ0v) is 49.4. The molecule has 77 heavy (non-hydrogen) atoms. The Labute approximate surface area is 473 Å². The van der Waals surface area contributed by atoms with Gasteiger partial charge in [0, 0.05) is 19.3 Å². The van der Waals surface area contributed by atoms with Crippen LogP contribution < -0.4 is 0 Å². The maximum absolute atomic E-state index is 12.9. The third-order valence-electron chi connectivity index (χ3n) is 12.5. The van der Waals surface area contributed by atoms with Gasteiger partial charge in [-0.05, 0) is 128 Å². The summed E-state index contributed by atoms with van der Waals surface area (Å²) in [6.45, 7) is 6.21. The van der Waals surface area contributed by atoms with Crippen molar-refractivity contribution >= 4 is 17.9 Å². The van der Waals surface area contributed by atoms with Gasteiger partial charge in [-0.25, -0.2) is 0 Å². The molecule has 0 radical (unpaired) electrons. The van der Waals surface area contributed by atoms with Crippen LogP contribution in [0, 0.1) is 0 Å². The molecule has 0 aliphatic rings. The van der Waals surface area contributed by atoms with Gasteiger partial charge >= 0.3 is 17.9 Å². The quantitative estimate of drug-likeness (QED) is 0.0261. The number of carbonyl (C=O) groups excluding carboxylic acids is 3. The van der Waals surface area contributed by atoms with Gasteiger partial charge in [0.05, 0.1) is 0 Å². The van der Waals surface area contributed by atoms with Crippen LogP contribution in [0.2, 0.25) is 0 Å². The van der Waals surface area contributed by atoms with Gasteiger partial charge in [0.25, 0.3) is 0 Å². The highest BCUT2D eigenvalue weighted by atomic mass is 16.6. The topological polar surface area (TPSA) is 78.9 Å². The van der Waals surface area contributed by atoms with Crippen molar-refractivity contribution in [2.24, 2.45) is 0 Å². The van der Waals surface area contributed by atoms with Crippen molar-refractivity contribution in [3.05, 3.63) is 158 Å². The van der Waals surface area contributed by atoms with Crippen molar-refractivity contribution in [3.8, 4) is 0 Å². The highest BCUT2D eigenvalue weighted by Crippen LogP contribution is 2.15. The summed E-state index contributed by atoms with van der Waals surface area (Å²) in [5.74, 6) is -1.03. The molecule has 6 heteroatoms. The molecule has 0 aliphatic carbocycles. The van der Waals surface area contributed by atoms with Crippen LogP contribution >= 0.6 is 0 Å². The van der Waals surface area contributed by atoms with Gasteiger partial charge in [0.1, 0.15) is 13.2 Å². The number of unbranched alkanes of at least 4 members (excludes halogenated alkanes) is 17. The normalized spacial score (nSPS) is 13.2. The lowest BCUT2D eigenvalue weighted by Crippen LogP contribution is -2.30. The monoisotopic (exact) mass is 1060 g/mol. The van der Waals surface area contributed by atoms with Crippen LogP contribution in [0.4, 0.5) is 0 Å². The minimum atomic E-state index is -0.827. The molecule has 0 bridgehead atoms. The Morgan fingerprint density at radius 2 is 0.494 bits per heavy atom. The fraction of sp³-hybridized carbons (Fsp3) is 0.592. The SMILES string of the molecule is CC/C=C\C/C=C\C/C=C\C/C=C\C/C=C\CCCCCCCC(=O)OC(COC(=O)CC/C=C\C/C=C\C/C=C\C/C=C\CC)COC(=O)CCCCCCCCCCCCCC/C=C\C/C=C\C/C=C\C/C=C\CC. The molecule has 6 nitrogen and oxygen atoms in total. The number of carbonyl (C=O) groups is 3. The molecule has 0 aromatic heterocycles. The summed E-state index contributed by atoms with van der Waals surface area (Å²) in [6, 6.07) is 0. The molecule has 0 fully saturated rings. The van der Waals surface area contributed by atoms with Gasteiger partial charge in [0.15, 0.2) is 6.10 Å². The zero-order valence-electron chi connectivity index (χ0n) is 49.4. The van der Waals surface area contributed by atoms with E-state index in [-0.39, 0.29) is 44.0 Å². The minimum absolute atomic E-state index is 0.115. The van der Waals surface area contributed by atoms with E-state index in [4.69, 9.17) is 14.2 Å². The second kappa shape index (κ2) is 63.6. The summed E-state index contributed by atoms with van der Waals surface area (Å²) in [5, 5.41) is 0. The number of rotatable bonds is 54. The van der Waals surface area contributed by atoms with Crippen molar-refractivity contribution in [1.82, 2.24) is 0 Å². The van der Waals surface area contributed by atoms with Crippen molar-refractivity contribution in [3.63, 3.8) is 0 Å². The van der Waals surface area contributed by atoms with E-state index in [9.17, 15) is 14.4 Å². The molecular formula is C71H112O6. The van der Waals surface area contributed by atoms with E-state index in [1.165, 1.54) is 64.2 Å². The number of hydrogen-bond acceptors (Lipinski definition) is 6. The largest absolute Gasteiger partial charge is 0.462 e. The lowest BCUT2D eigenvalue weighted by molar-refractivity contribution is -0.166. The van der Waals surface area contributed by atoms with Gasteiger partial charge < -0.3 is 14.2 Å². The van der Waals surface area contributed by atoms with E-state index in [1.54, 1.807) is 0 Å². The number of esters is 3. The molecule has 1 unspecified atom stereocenters. The smallest absolute Gasteiger partial charge is 0.306 e. The van der Waals surface area contributed by atoms with Crippen LogP contribution in [0.1, 0.15) is 252 Å². The molecule has 0 amide bonds. The fourth-order valence-electron chi connectivity index (χ4n) is 8.00. The molecule has 0 heterocycles. The molecule has 1 atom stereocenters. The van der Waals surface area contributed by atoms with Crippen molar-refractivity contribution < 1.29 is 28.6 Å². The first-order valence-corrected chi connectivity index (χ1v) is 31.0. The van der Waals surface area contributed by atoms with E-state index >= 15 is 0 Å². The Kier molecular flexibility index (Phi) is 59.5. The molecular weight excluding hydrogens is 949 g/mol. The van der Waals surface area contributed by atoms with Crippen LogP contribution in [0.15, 0.2) is 158 Å². The number of allylic oxidation sites excluding steroid dienone is 26. The first-order chi connectivity index (χ1) is 38.0. The molecule has 0 saturated heterocycles. The van der Waals surface area contributed by atoms with Crippen LogP contribution in [0.5, 0.6) is 0 Å². The van der Waals surface area contributed by atoms with E-state index in [0.29, 0.717) is 12.8 Å². The Hall–Kier alpha value is -4.97. The molecule has 0 aliphatic heterocycles. The Balaban J connectivity index is 4.43. The highest BCUT2D eigenvalue weighted by Gasteiger charge is 2.19. The van der Waals surface area contributed by atoms with Gasteiger partial charge in [-0.1, -0.05) is 262 Å². The first kappa shape index (κ1) is 72.0. The Morgan fingerprint density at radius 1 is 0.260 bits per heavy atom. The number of ether oxygens (including phenoxy) is 3. The van der Waals surface area contributed by atoms with Crippen LogP contribution in [0.3, 0.4) is 0 Å². The molecule has 0 spiro atoms. The average Bonchev–Trinajstić information content (AvgIpc) is 3.43. The van der Waals surface area contributed by atoms with E-state index in [2.05, 4.69) is 167 Å². The maximum Gasteiger partial charge on any atom is 0.306 e. The van der Waals surface area contributed by atoms with E-state index in [0.717, 1.165) is 141 Å². The predicted octanol–water partition coefficient (Wildman–Crippen LogP) is 21.3. The molecule has 0 N–H and O–H groups in total. The lowest BCUT2D eigenvalue weighted by atomic mass is 10.0. The summed E-state index contributed by atoms with van der Waals surface area (Å²) < 4.78 is 16.8. The first-order valence-electron chi connectivity index (χ1n) is 31.0. The van der Waals surface area contributed by atoms with Crippen molar-refractivity contribution in [2.45, 2.75) is 258 Å². The van der Waals surface area contributed by atoms with Crippen molar-refractivity contribution in [1.29, 1.82) is 0 Å². The summed E-state index contributed by atoms with van der Waals surface area (Å²) in [6.07, 6.45) is 92.6. The predicted molar refractivity (Wildman–Crippen MR) is 334 cm³/mol. The second-order valence-corrected chi connectivity index (χ2v) is 19.8. The van der Waals surface area contributed by atoms with Crippen LogP contribution in [-0.4, -0.2) is 37.2 Å².